The van der Waals surface area contributed by atoms with Crippen LogP contribution in [0.4, 0.5) is 5.95 Å². The third kappa shape index (κ3) is 6.15. The van der Waals surface area contributed by atoms with Crippen molar-refractivity contribution in [3.05, 3.63) is 51.4 Å². The molecule has 3 heterocycles. The Morgan fingerprint density at radius 3 is 2.82 bits per heavy atom. The fraction of sp³-hybridized carbons (Fsp3) is 0.560. The minimum atomic E-state index is -0.180. The fourth-order valence-electron chi connectivity index (χ4n) is 4.48. The Hall–Kier alpha value is -2.91. The van der Waals surface area contributed by atoms with E-state index in [1.807, 2.05) is 41.0 Å². The van der Waals surface area contributed by atoms with Crippen molar-refractivity contribution in [1.82, 2.24) is 14.9 Å². The number of aryl methyl sites for hydroxylation is 1. The van der Waals surface area contributed by atoms with E-state index in [9.17, 15) is 9.59 Å². The summed E-state index contributed by atoms with van der Waals surface area (Å²) in [5.74, 6) is 1.32. The van der Waals surface area contributed by atoms with Gasteiger partial charge in [-0.1, -0.05) is 12.1 Å². The molecule has 9 heteroatoms. The van der Waals surface area contributed by atoms with E-state index < -0.39 is 0 Å². The smallest absolute Gasteiger partial charge is 0.255 e. The lowest BCUT2D eigenvalue weighted by molar-refractivity contribution is -0.133. The number of aromatic amines is 1. The number of hydrogen-bond donors (Lipinski definition) is 1. The van der Waals surface area contributed by atoms with Crippen molar-refractivity contribution in [2.24, 2.45) is 0 Å². The average molecular weight is 471 g/mol. The van der Waals surface area contributed by atoms with Crippen molar-refractivity contribution in [2.75, 3.05) is 51.5 Å². The topological polar surface area (TPSA) is 97.0 Å². The molecule has 2 saturated heterocycles. The first-order chi connectivity index (χ1) is 16.5. The molecule has 0 radical (unpaired) electrons. The maximum Gasteiger partial charge on any atom is 0.255 e. The van der Waals surface area contributed by atoms with Crippen molar-refractivity contribution in [2.45, 2.75) is 45.3 Å². The first-order valence-corrected chi connectivity index (χ1v) is 12.0. The van der Waals surface area contributed by atoms with Crippen LogP contribution in [-0.4, -0.2) is 73.4 Å². The van der Waals surface area contributed by atoms with Gasteiger partial charge in [-0.2, -0.15) is 0 Å². The molecule has 184 valence electrons. The molecule has 0 bridgehead atoms. The summed E-state index contributed by atoms with van der Waals surface area (Å²) >= 11 is 0. The fourth-order valence-corrected chi connectivity index (χ4v) is 4.48. The van der Waals surface area contributed by atoms with E-state index in [4.69, 9.17) is 14.2 Å². The molecule has 2 aliphatic heterocycles. The van der Waals surface area contributed by atoms with Crippen LogP contribution in [0.1, 0.15) is 36.1 Å². The monoisotopic (exact) mass is 470 g/mol. The number of H-pyrrole nitrogens is 1. The number of rotatable bonds is 9. The van der Waals surface area contributed by atoms with Crippen molar-refractivity contribution in [1.29, 1.82) is 0 Å². The van der Waals surface area contributed by atoms with E-state index in [1.54, 1.807) is 7.11 Å². The summed E-state index contributed by atoms with van der Waals surface area (Å²) in [5, 5.41) is 0. The standard InChI is InChI=1S/C25H34N4O5/c1-18-22(24(31)27-25(26-18)28-10-13-33-14-11-28)8-9-23(30)29(17-21-7-4-12-34-21)16-19-5-3-6-20(15-19)32-2/h3,5-6,15,21H,4,7-14,16-17H2,1-2H3,(H,26,27,31). The summed E-state index contributed by atoms with van der Waals surface area (Å²) in [5.41, 5.74) is 2.04. The second kappa shape index (κ2) is 11.5. The van der Waals surface area contributed by atoms with E-state index in [0.29, 0.717) is 63.0 Å². The first-order valence-electron chi connectivity index (χ1n) is 12.0. The van der Waals surface area contributed by atoms with E-state index >= 15 is 0 Å². The van der Waals surface area contributed by atoms with Crippen LogP contribution in [-0.2, 0) is 27.2 Å². The highest BCUT2D eigenvalue weighted by atomic mass is 16.5. The van der Waals surface area contributed by atoms with Crippen LogP contribution in [0.25, 0.3) is 0 Å². The van der Waals surface area contributed by atoms with Gasteiger partial charge in [-0.3, -0.25) is 14.6 Å². The van der Waals surface area contributed by atoms with Gasteiger partial charge in [-0.05, 0) is 43.9 Å². The summed E-state index contributed by atoms with van der Waals surface area (Å²) in [6, 6.07) is 7.74. The number of nitrogens with zero attached hydrogens (tertiary/aromatic N) is 3. The second-order valence-electron chi connectivity index (χ2n) is 8.81. The van der Waals surface area contributed by atoms with Crippen LogP contribution >= 0.6 is 0 Å². The summed E-state index contributed by atoms with van der Waals surface area (Å²) < 4.78 is 16.5. The van der Waals surface area contributed by atoms with Gasteiger partial charge in [0.25, 0.3) is 5.56 Å². The Labute approximate surface area is 200 Å². The van der Waals surface area contributed by atoms with Crippen molar-refractivity contribution >= 4 is 11.9 Å². The highest BCUT2D eigenvalue weighted by molar-refractivity contribution is 5.76. The molecule has 0 aliphatic carbocycles. The van der Waals surface area contributed by atoms with Crippen LogP contribution in [0.15, 0.2) is 29.1 Å². The summed E-state index contributed by atoms with van der Waals surface area (Å²) in [6.07, 6.45) is 2.60. The summed E-state index contributed by atoms with van der Waals surface area (Å²) in [4.78, 5) is 37.5. The number of ether oxygens (including phenoxy) is 3. The van der Waals surface area contributed by atoms with E-state index in [-0.39, 0.29) is 24.0 Å². The number of carbonyl (C=O) groups is 1. The lowest BCUT2D eigenvalue weighted by Gasteiger charge is -2.27. The molecule has 1 atom stereocenters. The van der Waals surface area contributed by atoms with Gasteiger partial charge < -0.3 is 24.0 Å². The molecular formula is C25H34N4O5. The molecule has 0 saturated carbocycles. The highest BCUT2D eigenvalue weighted by Gasteiger charge is 2.24. The van der Waals surface area contributed by atoms with Crippen LogP contribution in [0.5, 0.6) is 5.75 Å². The maximum absolute atomic E-state index is 13.3. The lowest BCUT2D eigenvalue weighted by atomic mass is 10.1. The van der Waals surface area contributed by atoms with Crippen LogP contribution in [0.2, 0.25) is 0 Å². The number of methoxy groups -OCH3 is 1. The normalized spacial score (nSPS) is 18.2. The molecule has 1 aromatic carbocycles. The van der Waals surface area contributed by atoms with Gasteiger partial charge in [0.15, 0.2) is 0 Å². The Morgan fingerprint density at radius 1 is 1.29 bits per heavy atom. The van der Waals surface area contributed by atoms with Gasteiger partial charge in [0.1, 0.15) is 5.75 Å². The molecule has 1 N–H and O–H groups in total. The molecular weight excluding hydrogens is 436 g/mol. The quantitative estimate of drug-likeness (QED) is 0.599. The predicted octanol–water partition coefficient (Wildman–Crippen LogP) is 2.06. The SMILES string of the molecule is COc1cccc(CN(CC2CCCO2)C(=O)CCc2c(C)nc(N3CCOCC3)[nH]c2=O)c1. The number of hydrogen-bond acceptors (Lipinski definition) is 7. The number of anilines is 1. The summed E-state index contributed by atoms with van der Waals surface area (Å²) in [7, 11) is 1.63. The third-order valence-corrected chi connectivity index (χ3v) is 6.42. The van der Waals surface area contributed by atoms with Crippen LogP contribution < -0.4 is 15.2 Å². The molecule has 1 amide bonds. The van der Waals surface area contributed by atoms with Gasteiger partial charge in [-0.25, -0.2) is 4.98 Å². The van der Waals surface area contributed by atoms with E-state index in [1.165, 1.54) is 0 Å². The lowest BCUT2D eigenvalue weighted by Crippen LogP contribution is -2.39. The Bertz CT molecular complexity index is 1030. The number of aromatic nitrogens is 2. The molecule has 0 spiro atoms. The first kappa shape index (κ1) is 24.2. The highest BCUT2D eigenvalue weighted by Crippen LogP contribution is 2.19. The van der Waals surface area contributed by atoms with Crippen molar-refractivity contribution in [3.8, 4) is 5.75 Å². The average Bonchev–Trinajstić information content (AvgIpc) is 3.37. The Kier molecular flexibility index (Phi) is 8.18. The Balaban J connectivity index is 1.44. The molecule has 1 unspecified atom stereocenters. The van der Waals surface area contributed by atoms with Gasteiger partial charge >= 0.3 is 0 Å². The Morgan fingerprint density at radius 2 is 2.12 bits per heavy atom. The third-order valence-electron chi connectivity index (χ3n) is 6.42. The van der Waals surface area contributed by atoms with Gasteiger partial charge in [0.2, 0.25) is 11.9 Å². The number of nitrogens with one attached hydrogen (secondary N) is 1. The van der Waals surface area contributed by atoms with Gasteiger partial charge in [0.05, 0.1) is 26.4 Å². The number of benzene rings is 1. The summed E-state index contributed by atoms with van der Waals surface area (Å²) in [6.45, 7) is 6.21. The molecule has 2 aromatic rings. The van der Waals surface area contributed by atoms with Crippen molar-refractivity contribution < 1.29 is 19.0 Å². The molecule has 2 fully saturated rings. The number of amides is 1. The molecule has 2 aliphatic rings. The maximum atomic E-state index is 13.3. The number of carbonyl (C=O) groups excluding carboxylic acids is 1. The minimum Gasteiger partial charge on any atom is -0.497 e. The predicted molar refractivity (Wildman–Crippen MR) is 128 cm³/mol. The molecule has 4 rings (SSSR count). The van der Waals surface area contributed by atoms with Crippen LogP contribution in [0.3, 0.4) is 0 Å². The second-order valence-corrected chi connectivity index (χ2v) is 8.81. The van der Waals surface area contributed by atoms with Crippen molar-refractivity contribution in [3.63, 3.8) is 0 Å². The number of morpholine rings is 1. The minimum absolute atomic E-state index is 0.00521. The van der Waals surface area contributed by atoms with Crippen LogP contribution in [0, 0.1) is 6.92 Å². The largest absolute Gasteiger partial charge is 0.497 e. The molecule has 34 heavy (non-hydrogen) atoms. The molecule has 9 nitrogen and oxygen atoms in total. The van der Waals surface area contributed by atoms with E-state index in [2.05, 4.69) is 9.97 Å². The zero-order chi connectivity index (χ0) is 23.9. The zero-order valence-corrected chi connectivity index (χ0v) is 20.0. The van der Waals surface area contributed by atoms with E-state index in [0.717, 1.165) is 30.8 Å². The van der Waals surface area contributed by atoms with Gasteiger partial charge in [-0.15, -0.1) is 0 Å². The molecule has 1 aromatic heterocycles. The van der Waals surface area contributed by atoms with Gasteiger partial charge in [0, 0.05) is 50.5 Å². The zero-order valence-electron chi connectivity index (χ0n) is 20.0.